The van der Waals surface area contributed by atoms with Crippen LogP contribution in [0.2, 0.25) is 0 Å². The smallest absolute Gasteiger partial charge is 0.245 e. The van der Waals surface area contributed by atoms with Gasteiger partial charge in [-0.05, 0) is 24.7 Å². The molecule has 0 aliphatic carbocycles. The molecule has 1 heterocycles. The standard InChI is InChI=1S/C16H28N2O4/c1-10(2)5-11(3)15(17-12(4)20)16(22)18-7-13(9-19)6-14(21)8-18/h9-11,13-15,21H,5-8H2,1-4H3,(H,17,20)/t11?,13-,14-,15+/m1/s1. The number of nitrogens with one attached hydrogen (secondary N) is 1. The highest BCUT2D eigenvalue weighted by Gasteiger charge is 2.35. The molecule has 2 N–H and O–H groups in total. The molecule has 1 aliphatic heterocycles. The van der Waals surface area contributed by atoms with Crippen molar-refractivity contribution in [1.82, 2.24) is 10.2 Å². The highest BCUT2D eigenvalue weighted by Crippen LogP contribution is 2.21. The molecule has 1 fully saturated rings. The zero-order chi connectivity index (χ0) is 16.9. The zero-order valence-corrected chi connectivity index (χ0v) is 13.9. The van der Waals surface area contributed by atoms with Crippen molar-refractivity contribution in [3.05, 3.63) is 0 Å². The first-order valence-corrected chi connectivity index (χ1v) is 7.93. The zero-order valence-electron chi connectivity index (χ0n) is 13.9. The molecule has 1 aliphatic rings. The average Bonchev–Trinajstić information content (AvgIpc) is 2.42. The summed E-state index contributed by atoms with van der Waals surface area (Å²) in [6, 6.07) is -0.613. The van der Waals surface area contributed by atoms with Crippen molar-refractivity contribution in [3.63, 3.8) is 0 Å². The molecule has 1 rings (SSSR count). The van der Waals surface area contributed by atoms with Crippen LogP contribution >= 0.6 is 0 Å². The van der Waals surface area contributed by atoms with E-state index in [0.717, 1.165) is 12.7 Å². The molecule has 0 saturated carbocycles. The second-order valence-corrected chi connectivity index (χ2v) is 6.81. The maximum absolute atomic E-state index is 12.7. The number of rotatable bonds is 6. The molecule has 0 spiro atoms. The molecule has 1 unspecified atom stereocenters. The molecule has 1 saturated heterocycles. The number of hydrogen-bond donors (Lipinski definition) is 2. The van der Waals surface area contributed by atoms with Gasteiger partial charge in [-0.2, -0.15) is 0 Å². The molecular weight excluding hydrogens is 284 g/mol. The van der Waals surface area contributed by atoms with E-state index in [2.05, 4.69) is 19.2 Å². The van der Waals surface area contributed by atoms with Gasteiger partial charge in [0.25, 0.3) is 0 Å². The number of piperidine rings is 1. The maximum atomic E-state index is 12.7. The Hall–Kier alpha value is -1.43. The summed E-state index contributed by atoms with van der Waals surface area (Å²) in [5.41, 5.74) is 0. The fraction of sp³-hybridized carbons (Fsp3) is 0.812. The molecule has 2 amide bonds. The number of likely N-dealkylation sites (tertiary alicyclic amines) is 1. The van der Waals surface area contributed by atoms with Crippen molar-refractivity contribution in [2.75, 3.05) is 13.1 Å². The van der Waals surface area contributed by atoms with Crippen molar-refractivity contribution in [1.29, 1.82) is 0 Å². The van der Waals surface area contributed by atoms with Crippen LogP contribution in [0.4, 0.5) is 0 Å². The van der Waals surface area contributed by atoms with Crippen LogP contribution in [0.3, 0.4) is 0 Å². The van der Waals surface area contributed by atoms with E-state index in [9.17, 15) is 19.5 Å². The summed E-state index contributed by atoms with van der Waals surface area (Å²) in [5.74, 6) is -0.405. The number of hydrogen-bond acceptors (Lipinski definition) is 4. The largest absolute Gasteiger partial charge is 0.391 e. The second kappa shape index (κ2) is 8.27. The molecular formula is C16H28N2O4. The summed E-state index contributed by atoms with van der Waals surface area (Å²) in [4.78, 5) is 36.7. The molecule has 0 bridgehead atoms. The normalized spacial score (nSPS) is 24.7. The summed E-state index contributed by atoms with van der Waals surface area (Å²) in [6.45, 7) is 7.99. The van der Waals surface area contributed by atoms with E-state index in [1.165, 1.54) is 11.8 Å². The van der Waals surface area contributed by atoms with E-state index < -0.39 is 12.1 Å². The third kappa shape index (κ3) is 5.40. The number of amides is 2. The van der Waals surface area contributed by atoms with Crippen molar-refractivity contribution in [2.45, 2.75) is 52.7 Å². The van der Waals surface area contributed by atoms with E-state index in [-0.39, 0.29) is 30.2 Å². The van der Waals surface area contributed by atoms with Gasteiger partial charge in [-0.1, -0.05) is 20.8 Å². The molecule has 0 aromatic heterocycles. The predicted molar refractivity (Wildman–Crippen MR) is 83.0 cm³/mol. The molecule has 6 heteroatoms. The summed E-state index contributed by atoms with van der Waals surface area (Å²) < 4.78 is 0. The van der Waals surface area contributed by atoms with Gasteiger partial charge in [0, 0.05) is 25.9 Å². The molecule has 6 nitrogen and oxygen atoms in total. The van der Waals surface area contributed by atoms with Crippen LogP contribution in [0.25, 0.3) is 0 Å². The Kier molecular flexibility index (Phi) is 7.00. The number of aldehydes is 1. The van der Waals surface area contributed by atoms with Crippen LogP contribution in [-0.2, 0) is 14.4 Å². The number of nitrogens with zero attached hydrogens (tertiary/aromatic N) is 1. The fourth-order valence-electron chi connectivity index (χ4n) is 3.13. The Morgan fingerprint density at radius 2 is 1.95 bits per heavy atom. The third-order valence-electron chi connectivity index (χ3n) is 4.00. The summed E-state index contributed by atoms with van der Waals surface area (Å²) >= 11 is 0. The van der Waals surface area contributed by atoms with Gasteiger partial charge in [0.05, 0.1) is 6.10 Å². The number of aliphatic hydroxyl groups is 1. The van der Waals surface area contributed by atoms with Crippen LogP contribution in [0.5, 0.6) is 0 Å². The minimum Gasteiger partial charge on any atom is -0.391 e. The summed E-state index contributed by atoms with van der Waals surface area (Å²) in [5, 5.41) is 12.6. The van der Waals surface area contributed by atoms with E-state index >= 15 is 0 Å². The Bertz CT molecular complexity index is 411. The quantitative estimate of drug-likeness (QED) is 0.703. The molecule has 126 valence electrons. The SMILES string of the molecule is CC(=O)N[C@H](C(=O)N1C[C@H](O)C[C@@H](C=O)C1)C(C)CC(C)C. The van der Waals surface area contributed by atoms with E-state index in [0.29, 0.717) is 18.9 Å². The van der Waals surface area contributed by atoms with Crippen molar-refractivity contribution in [3.8, 4) is 0 Å². The first kappa shape index (κ1) is 18.6. The summed E-state index contributed by atoms with van der Waals surface area (Å²) in [6.07, 6.45) is 1.29. The van der Waals surface area contributed by atoms with Gasteiger partial charge in [-0.3, -0.25) is 9.59 Å². The molecule has 0 aromatic rings. The number of aliphatic hydroxyl groups excluding tert-OH is 1. The monoisotopic (exact) mass is 312 g/mol. The van der Waals surface area contributed by atoms with Gasteiger partial charge in [-0.15, -0.1) is 0 Å². The average molecular weight is 312 g/mol. The van der Waals surface area contributed by atoms with Crippen molar-refractivity contribution in [2.24, 2.45) is 17.8 Å². The highest BCUT2D eigenvalue weighted by molar-refractivity contribution is 5.87. The van der Waals surface area contributed by atoms with Crippen LogP contribution < -0.4 is 5.32 Å². The molecule has 22 heavy (non-hydrogen) atoms. The predicted octanol–water partition coefficient (Wildman–Crippen LogP) is 0.582. The first-order valence-electron chi connectivity index (χ1n) is 7.93. The Morgan fingerprint density at radius 1 is 1.32 bits per heavy atom. The highest BCUT2D eigenvalue weighted by atomic mass is 16.3. The Labute approximate surface area is 132 Å². The van der Waals surface area contributed by atoms with Crippen molar-refractivity contribution >= 4 is 18.1 Å². The Balaban J connectivity index is 2.85. The van der Waals surface area contributed by atoms with Gasteiger partial charge in [0.15, 0.2) is 0 Å². The maximum Gasteiger partial charge on any atom is 0.245 e. The van der Waals surface area contributed by atoms with E-state index in [1.54, 1.807) is 0 Å². The topological polar surface area (TPSA) is 86.7 Å². The summed E-state index contributed by atoms with van der Waals surface area (Å²) in [7, 11) is 0. The van der Waals surface area contributed by atoms with Gasteiger partial charge in [-0.25, -0.2) is 0 Å². The van der Waals surface area contributed by atoms with E-state index in [1.807, 2.05) is 6.92 Å². The van der Waals surface area contributed by atoms with E-state index in [4.69, 9.17) is 0 Å². The van der Waals surface area contributed by atoms with Gasteiger partial charge in [0.2, 0.25) is 11.8 Å². The number of β-amino-alcohol motifs (C(OH)–C–C–N with tert-alkyl or cyclic N) is 1. The van der Waals surface area contributed by atoms with Gasteiger partial charge < -0.3 is 20.1 Å². The fourth-order valence-corrected chi connectivity index (χ4v) is 3.13. The lowest BCUT2D eigenvalue weighted by Gasteiger charge is -2.37. The van der Waals surface area contributed by atoms with Crippen LogP contribution in [0.15, 0.2) is 0 Å². The van der Waals surface area contributed by atoms with Crippen molar-refractivity contribution < 1.29 is 19.5 Å². The van der Waals surface area contributed by atoms with Crippen LogP contribution in [0, 0.1) is 17.8 Å². The lowest BCUT2D eigenvalue weighted by atomic mass is 9.89. The minimum atomic E-state index is -0.689. The third-order valence-corrected chi connectivity index (χ3v) is 4.00. The molecule has 4 atom stereocenters. The number of carbonyl (C=O) groups is 3. The number of carbonyl (C=O) groups excluding carboxylic acids is 3. The second-order valence-electron chi connectivity index (χ2n) is 6.81. The molecule has 0 radical (unpaired) electrons. The first-order chi connectivity index (χ1) is 10.2. The lowest BCUT2D eigenvalue weighted by molar-refractivity contribution is -0.142. The molecule has 0 aromatic carbocycles. The van der Waals surface area contributed by atoms with Gasteiger partial charge in [0.1, 0.15) is 12.3 Å². The minimum absolute atomic E-state index is 0.00912. The van der Waals surface area contributed by atoms with Crippen LogP contribution in [-0.4, -0.2) is 53.3 Å². The van der Waals surface area contributed by atoms with Crippen LogP contribution in [0.1, 0.15) is 40.5 Å². The lowest BCUT2D eigenvalue weighted by Crippen LogP contribution is -2.56. The Morgan fingerprint density at radius 3 is 2.45 bits per heavy atom. The van der Waals surface area contributed by atoms with Gasteiger partial charge >= 0.3 is 0 Å².